The summed E-state index contributed by atoms with van der Waals surface area (Å²) in [5.74, 6) is -0.0953. The quantitative estimate of drug-likeness (QED) is 0.427. The van der Waals surface area contributed by atoms with E-state index >= 15 is 0 Å². The number of hydrogen-bond donors (Lipinski definition) is 3. The molecule has 0 fully saturated rings. The molecule has 1 heterocycles. The Morgan fingerprint density at radius 2 is 1.87 bits per heavy atom. The van der Waals surface area contributed by atoms with Crippen molar-refractivity contribution in [3.63, 3.8) is 0 Å². The van der Waals surface area contributed by atoms with Crippen LogP contribution in [0.5, 0.6) is 11.5 Å². The minimum Gasteiger partial charge on any atom is -0.497 e. The van der Waals surface area contributed by atoms with Crippen molar-refractivity contribution < 1.29 is 32.6 Å². The highest BCUT2D eigenvalue weighted by Crippen LogP contribution is 2.36. The Morgan fingerprint density at radius 3 is 2.46 bits per heavy atom. The van der Waals surface area contributed by atoms with Gasteiger partial charge >= 0.3 is 6.03 Å². The topological polar surface area (TPSA) is 138 Å². The summed E-state index contributed by atoms with van der Waals surface area (Å²) in [7, 11) is -0.921. The number of amides is 3. The van der Waals surface area contributed by atoms with Crippen LogP contribution >= 0.6 is 0 Å². The van der Waals surface area contributed by atoms with Crippen LogP contribution in [0.3, 0.4) is 0 Å². The van der Waals surface area contributed by atoms with Crippen molar-refractivity contribution >= 4 is 27.6 Å². The van der Waals surface area contributed by atoms with Crippen LogP contribution in [0.4, 0.5) is 10.5 Å². The van der Waals surface area contributed by atoms with Gasteiger partial charge in [0, 0.05) is 25.6 Å². The molecule has 214 valence electrons. The number of sulfonamides is 1. The van der Waals surface area contributed by atoms with Crippen molar-refractivity contribution in [2.75, 3.05) is 38.6 Å². The highest BCUT2D eigenvalue weighted by Gasteiger charge is 2.35. The van der Waals surface area contributed by atoms with E-state index in [1.165, 1.54) is 42.3 Å². The number of rotatable bonds is 9. The molecule has 0 radical (unpaired) electrons. The third kappa shape index (κ3) is 7.12. The van der Waals surface area contributed by atoms with Crippen molar-refractivity contribution in [2.45, 2.75) is 50.8 Å². The van der Waals surface area contributed by atoms with Gasteiger partial charge in [0.2, 0.25) is 0 Å². The molecule has 12 heteroatoms. The van der Waals surface area contributed by atoms with Crippen molar-refractivity contribution in [2.24, 2.45) is 5.92 Å². The molecule has 2 aromatic carbocycles. The summed E-state index contributed by atoms with van der Waals surface area (Å²) in [6.07, 6.45) is -0.597. The molecule has 1 aliphatic rings. The number of hydrogen-bond acceptors (Lipinski definition) is 7. The molecule has 2 aromatic rings. The van der Waals surface area contributed by atoms with Gasteiger partial charge in [-0.25, -0.2) is 13.2 Å². The SMILES string of the molecule is COc1ccc(S(=O)(=O)Nc2cccc3c2O[C@H](CN(C)C(=O)NC(C)C)[C@@H](C)CN([C@H](C)CO)C3=O)cc1. The second-order valence-corrected chi connectivity index (χ2v) is 11.8. The molecule has 0 spiro atoms. The highest BCUT2D eigenvalue weighted by molar-refractivity contribution is 7.92. The molecular weight excluding hydrogens is 524 g/mol. The Bertz CT molecular complexity index is 1270. The summed E-state index contributed by atoms with van der Waals surface area (Å²) in [6, 6.07) is 9.71. The lowest BCUT2D eigenvalue weighted by Gasteiger charge is -2.38. The lowest BCUT2D eigenvalue weighted by Crippen LogP contribution is -2.51. The minimum atomic E-state index is -4.05. The maximum absolute atomic E-state index is 13.6. The largest absolute Gasteiger partial charge is 0.497 e. The van der Waals surface area contributed by atoms with E-state index < -0.39 is 28.1 Å². The number of aliphatic hydroxyl groups is 1. The predicted octanol–water partition coefficient (Wildman–Crippen LogP) is 2.77. The first-order valence-electron chi connectivity index (χ1n) is 12.8. The van der Waals surface area contributed by atoms with Gasteiger partial charge in [0.1, 0.15) is 11.9 Å². The Hall–Kier alpha value is -3.51. The Morgan fingerprint density at radius 1 is 1.21 bits per heavy atom. The fraction of sp³-hybridized carbons (Fsp3) is 0.481. The van der Waals surface area contributed by atoms with Gasteiger partial charge in [-0.05, 0) is 57.2 Å². The third-order valence-electron chi connectivity index (χ3n) is 6.52. The van der Waals surface area contributed by atoms with Crippen LogP contribution in [0.1, 0.15) is 38.1 Å². The van der Waals surface area contributed by atoms with Crippen LogP contribution in [0.15, 0.2) is 47.4 Å². The predicted molar refractivity (Wildman–Crippen MR) is 148 cm³/mol. The highest BCUT2D eigenvalue weighted by atomic mass is 32.2. The number of methoxy groups -OCH3 is 1. The maximum atomic E-state index is 13.6. The lowest BCUT2D eigenvalue weighted by molar-refractivity contribution is 0.0369. The molecule has 0 aromatic heterocycles. The molecule has 0 saturated carbocycles. The number of ether oxygens (including phenoxy) is 2. The molecule has 3 amide bonds. The molecule has 3 N–H and O–H groups in total. The van der Waals surface area contributed by atoms with Gasteiger partial charge in [-0.3, -0.25) is 9.52 Å². The summed E-state index contributed by atoms with van der Waals surface area (Å²) < 4.78 is 40.6. The third-order valence-corrected chi connectivity index (χ3v) is 7.90. The van der Waals surface area contributed by atoms with Gasteiger partial charge in [-0.2, -0.15) is 0 Å². The smallest absolute Gasteiger partial charge is 0.317 e. The molecule has 0 saturated heterocycles. The summed E-state index contributed by atoms with van der Waals surface area (Å²) >= 11 is 0. The number of carbonyl (C=O) groups is 2. The zero-order valence-electron chi connectivity index (χ0n) is 23.2. The molecule has 3 rings (SSSR count). The van der Waals surface area contributed by atoms with Gasteiger partial charge in [-0.15, -0.1) is 0 Å². The normalized spacial score (nSPS) is 18.4. The zero-order valence-corrected chi connectivity index (χ0v) is 24.0. The van der Waals surface area contributed by atoms with E-state index in [2.05, 4.69) is 10.0 Å². The van der Waals surface area contributed by atoms with Crippen LogP contribution in [-0.2, 0) is 10.0 Å². The number of carbonyl (C=O) groups excluding carboxylic acids is 2. The molecule has 0 unspecified atom stereocenters. The molecule has 0 aliphatic carbocycles. The molecule has 39 heavy (non-hydrogen) atoms. The van der Waals surface area contributed by atoms with Crippen LogP contribution in [0, 0.1) is 5.92 Å². The number of para-hydroxylation sites is 1. The fourth-order valence-electron chi connectivity index (χ4n) is 4.21. The van der Waals surface area contributed by atoms with Gasteiger partial charge in [0.15, 0.2) is 5.75 Å². The van der Waals surface area contributed by atoms with E-state index in [0.717, 1.165) is 0 Å². The van der Waals surface area contributed by atoms with E-state index in [1.54, 1.807) is 31.0 Å². The summed E-state index contributed by atoms with van der Waals surface area (Å²) in [5, 5.41) is 12.7. The van der Waals surface area contributed by atoms with Gasteiger partial charge < -0.3 is 29.7 Å². The van der Waals surface area contributed by atoms with Crippen molar-refractivity contribution in [1.29, 1.82) is 0 Å². The molecule has 0 bridgehead atoms. The molecule has 3 atom stereocenters. The summed E-state index contributed by atoms with van der Waals surface area (Å²) in [4.78, 5) is 29.3. The first-order valence-corrected chi connectivity index (χ1v) is 14.3. The zero-order chi connectivity index (χ0) is 28.9. The van der Waals surface area contributed by atoms with E-state index in [1.807, 2.05) is 20.8 Å². The Labute approximate surface area is 230 Å². The van der Waals surface area contributed by atoms with E-state index in [0.29, 0.717) is 5.75 Å². The Kier molecular flexibility index (Phi) is 9.68. The van der Waals surface area contributed by atoms with Crippen LogP contribution < -0.4 is 19.5 Å². The molecule has 1 aliphatic heterocycles. The molecule has 11 nitrogen and oxygen atoms in total. The second kappa shape index (κ2) is 12.6. The number of anilines is 1. The maximum Gasteiger partial charge on any atom is 0.317 e. The van der Waals surface area contributed by atoms with E-state index in [-0.39, 0.29) is 59.6 Å². The second-order valence-electron chi connectivity index (χ2n) is 10.1. The number of nitrogens with zero attached hydrogens (tertiary/aromatic N) is 2. The van der Waals surface area contributed by atoms with Gasteiger partial charge in [0.05, 0.1) is 42.4 Å². The average Bonchev–Trinajstić information content (AvgIpc) is 2.89. The summed E-state index contributed by atoms with van der Waals surface area (Å²) in [5.41, 5.74) is 0.234. The standard InChI is InChI=1S/C27H38N4O7S/c1-17(2)28-27(34)30(5)15-24-18(3)14-31(19(4)16-32)26(33)22-8-7-9-23(25(22)38-24)29-39(35,36)21-12-10-20(37-6)11-13-21/h7-13,17-19,24,29,32H,14-16H2,1-6H3,(H,28,34)/t18-,19+,24+/m0/s1. The van der Waals surface area contributed by atoms with E-state index in [4.69, 9.17) is 9.47 Å². The first-order chi connectivity index (χ1) is 18.4. The first kappa shape index (κ1) is 30.0. The monoisotopic (exact) mass is 562 g/mol. The number of nitrogens with one attached hydrogen (secondary N) is 2. The number of aliphatic hydroxyl groups excluding tert-OH is 1. The molecular formula is C27H38N4O7S. The number of urea groups is 1. The van der Waals surface area contributed by atoms with Crippen molar-refractivity contribution in [3.8, 4) is 11.5 Å². The Balaban J connectivity index is 2.04. The van der Waals surface area contributed by atoms with E-state index in [9.17, 15) is 23.1 Å². The van der Waals surface area contributed by atoms with Crippen LogP contribution in [-0.4, -0.2) is 87.3 Å². The van der Waals surface area contributed by atoms with Gasteiger partial charge in [-0.1, -0.05) is 13.0 Å². The number of fused-ring (bicyclic) bond motifs is 1. The van der Waals surface area contributed by atoms with Crippen LogP contribution in [0.25, 0.3) is 0 Å². The van der Waals surface area contributed by atoms with Crippen molar-refractivity contribution in [3.05, 3.63) is 48.0 Å². The summed E-state index contributed by atoms with van der Waals surface area (Å²) in [6.45, 7) is 7.54. The fourth-order valence-corrected chi connectivity index (χ4v) is 5.27. The number of likely N-dealkylation sites (N-methyl/N-ethyl adjacent to an activating group) is 1. The van der Waals surface area contributed by atoms with Crippen molar-refractivity contribution in [1.82, 2.24) is 15.1 Å². The minimum absolute atomic E-state index is 0.00334. The lowest BCUT2D eigenvalue weighted by atomic mass is 9.99. The average molecular weight is 563 g/mol. The number of benzene rings is 2. The van der Waals surface area contributed by atoms with Crippen LogP contribution in [0.2, 0.25) is 0 Å². The van der Waals surface area contributed by atoms with Gasteiger partial charge in [0.25, 0.3) is 15.9 Å².